The topological polar surface area (TPSA) is 83.7 Å². The first-order chi connectivity index (χ1) is 16.9. The maximum Gasteiger partial charge on any atom is 0.247 e. The normalized spacial score (nSPS) is 16.7. The summed E-state index contributed by atoms with van der Waals surface area (Å²) in [5, 5.41) is 0.975. The van der Waals surface area contributed by atoms with Gasteiger partial charge in [0, 0.05) is 11.6 Å². The molecule has 0 saturated carbocycles. The van der Waals surface area contributed by atoms with Crippen LogP contribution in [0.4, 0.5) is 5.13 Å². The van der Waals surface area contributed by atoms with Crippen LogP contribution in [-0.2, 0) is 27.8 Å². The molecule has 0 radical (unpaired) electrons. The maximum atomic E-state index is 14.0. The van der Waals surface area contributed by atoms with Gasteiger partial charge in [-0.25, -0.2) is 13.4 Å². The van der Waals surface area contributed by atoms with Gasteiger partial charge in [0.2, 0.25) is 15.9 Å². The molecule has 0 N–H and O–H groups in total. The van der Waals surface area contributed by atoms with Crippen LogP contribution in [0.5, 0.6) is 0 Å². The summed E-state index contributed by atoms with van der Waals surface area (Å²) in [6.45, 7) is 2.51. The minimum Gasteiger partial charge on any atom is -0.467 e. The van der Waals surface area contributed by atoms with Gasteiger partial charge in [-0.1, -0.05) is 42.0 Å². The van der Waals surface area contributed by atoms with Crippen LogP contribution in [0.15, 0.2) is 70.2 Å². The molecule has 182 valence electrons. The molecule has 1 unspecified atom stereocenters. The molecule has 0 spiro atoms. The van der Waals surface area contributed by atoms with E-state index in [-0.39, 0.29) is 23.9 Å². The molecule has 0 bridgehead atoms. The lowest BCUT2D eigenvalue weighted by Crippen LogP contribution is -2.47. The predicted molar refractivity (Wildman–Crippen MR) is 137 cm³/mol. The number of furan rings is 1. The van der Waals surface area contributed by atoms with Crippen molar-refractivity contribution in [1.82, 2.24) is 9.29 Å². The quantitative estimate of drug-likeness (QED) is 0.316. The highest BCUT2D eigenvalue weighted by molar-refractivity contribution is 7.89. The van der Waals surface area contributed by atoms with Crippen LogP contribution in [0.3, 0.4) is 0 Å². The van der Waals surface area contributed by atoms with Gasteiger partial charge >= 0.3 is 0 Å². The van der Waals surface area contributed by atoms with E-state index >= 15 is 0 Å². The van der Waals surface area contributed by atoms with E-state index < -0.39 is 16.1 Å². The third kappa shape index (κ3) is 4.61. The van der Waals surface area contributed by atoms with E-state index in [0.29, 0.717) is 28.8 Å². The first-order valence-corrected chi connectivity index (χ1v) is 14.0. The predicted octanol–water partition coefficient (Wildman–Crippen LogP) is 5.49. The molecule has 1 aliphatic rings. The van der Waals surface area contributed by atoms with Crippen LogP contribution in [0.2, 0.25) is 5.02 Å². The van der Waals surface area contributed by atoms with E-state index in [1.54, 1.807) is 23.3 Å². The Kier molecular flexibility index (Phi) is 6.67. The van der Waals surface area contributed by atoms with Crippen molar-refractivity contribution in [2.45, 2.75) is 43.7 Å². The van der Waals surface area contributed by atoms with Crippen molar-refractivity contribution in [2.24, 2.45) is 0 Å². The van der Waals surface area contributed by atoms with Gasteiger partial charge in [-0.05, 0) is 67.3 Å². The van der Waals surface area contributed by atoms with Crippen molar-refractivity contribution in [2.75, 3.05) is 11.4 Å². The number of anilines is 1. The fourth-order valence-electron chi connectivity index (χ4n) is 4.39. The molecule has 0 aliphatic carbocycles. The first-order valence-electron chi connectivity index (χ1n) is 11.4. The minimum atomic E-state index is -3.88. The van der Waals surface area contributed by atoms with Crippen molar-refractivity contribution in [3.8, 4) is 0 Å². The number of aromatic nitrogens is 1. The molecule has 2 aromatic heterocycles. The van der Waals surface area contributed by atoms with Gasteiger partial charge in [0.1, 0.15) is 11.8 Å². The van der Waals surface area contributed by atoms with Gasteiger partial charge in [-0.3, -0.25) is 9.69 Å². The van der Waals surface area contributed by atoms with Crippen molar-refractivity contribution in [3.63, 3.8) is 0 Å². The summed E-state index contributed by atoms with van der Waals surface area (Å²) in [5.74, 6) is 0.284. The Morgan fingerprint density at radius 1 is 1.20 bits per heavy atom. The highest BCUT2D eigenvalue weighted by Gasteiger charge is 2.42. The lowest BCUT2D eigenvalue weighted by molar-refractivity contribution is -0.121. The third-order valence-corrected chi connectivity index (χ3v) is 9.39. The fourth-order valence-corrected chi connectivity index (χ4v) is 7.18. The molecule has 3 heterocycles. The minimum absolute atomic E-state index is 0.117. The Morgan fingerprint density at radius 3 is 2.71 bits per heavy atom. The Labute approximate surface area is 213 Å². The SMILES string of the molecule is CCc1cccc2sc(N(Cc3ccco3)C(=O)C3CCCN3S(=O)(=O)c3ccc(Cl)cc3)nc12. The number of thiazole rings is 1. The van der Waals surface area contributed by atoms with Gasteiger partial charge in [0.15, 0.2) is 5.13 Å². The van der Waals surface area contributed by atoms with Crippen LogP contribution in [0.25, 0.3) is 10.2 Å². The first kappa shape index (κ1) is 24.0. The number of aryl methyl sites for hydroxylation is 1. The van der Waals surface area contributed by atoms with E-state index in [9.17, 15) is 13.2 Å². The Hall–Kier alpha value is -2.72. The highest BCUT2D eigenvalue weighted by atomic mass is 35.5. The van der Waals surface area contributed by atoms with Crippen LogP contribution in [0.1, 0.15) is 31.1 Å². The summed E-state index contributed by atoms with van der Waals surface area (Å²) >= 11 is 7.37. The summed E-state index contributed by atoms with van der Waals surface area (Å²) in [6.07, 6.45) is 3.41. The molecular weight excluding hydrogens is 506 g/mol. The molecule has 7 nitrogen and oxygen atoms in total. The number of halogens is 1. The zero-order valence-electron chi connectivity index (χ0n) is 19.1. The van der Waals surface area contributed by atoms with E-state index in [1.807, 2.05) is 18.2 Å². The van der Waals surface area contributed by atoms with Crippen LogP contribution in [0, 0.1) is 0 Å². The summed E-state index contributed by atoms with van der Waals surface area (Å²) in [7, 11) is -3.88. The standard InChI is InChI=1S/C25H24ClN3O4S2/c1-2-17-6-3-9-22-23(17)27-25(34-22)28(16-19-7-5-15-33-19)24(30)21-8-4-14-29(21)35(31,32)20-12-10-18(26)11-13-20/h3,5-7,9-13,15,21H,2,4,8,14,16H2,1H3. The molecule has 1 amide bonds. The van der Waals surface area contributed by atoms with Gasteiger partial charge in [-0.2, -0.15) is 4.31 Å². The average molecular weight is 530 g/mol. The lowest BCUT2D eigenvalue weighted by Gasteiger charge is -2.28. The zero-order chi connectivity index (χ0) is 24.6. The molecular formula is C25H24ClN3O4S2. The number of nitrogens with zero attached hydrogens (tertiary/aromatic N) is 3. The number of para-hydroxylation sites is 1. The number of carbonyl (C=O) groups is 1. The second-order valence-electron chi connectivity index (χ2n) is 8.35. The van der Waals surface area contributed by atoms with Crippen molar-refractivity contribution < 1.29 is 17.6 Å². The van der Waals surface area contributed by atoms with Crippen molar-refractivity contribution in [1.29, 1.82) is 0 Å². The van der Waals surface area contributed by atoms with Gasteiger partial charge in [0.25, 0.3) is 0 Å². The second-order valence-corrected chi connectivity index (χ2v) is 11.7. The van der Waals surface area contributed by atoms with E-state index in [1.165, 1.54) is 39.9 Å². The Morgan fingerprint density at radius 2 is 2.00 bits per heavy atom. The number of amides is 1. The van der Waals surface area contributed by atoms with Gasteiger partial charge < -0.3 is 4.42 Å². The molecule has 1 saturated heterocycles. The number of hydrogen-bond donors (Lipinski definition) is 0. The van der Waals surface area contributed by atoms with Crippen LogP contribution in [-0.4, -0.2) is 36.2 Å². The number of hydrogen-bond acceptors (Lipinski definition) is 6. The number of fused-ring (bicyclic) bond motifs is 1. The number of benzene rings is 2. The molecule has 5 rings (SSSR count). The summed E-state index contributed by atoms with van der Waals surface area (Å²) < 4.78 is 34.7. The van der Waals surface area contributed by atoms with Gasteiger partial charge in [-0.15, -0.1) is 0 Å². The summed E-state index contributed by atoms with van der Waals surface area (Å²) in [5.41, 5.74) is 1.97. The smallest absolute Gasteiger partial charge is 0.247 e. The number of carbonyl (C=O) groups excluding carboxylic acids is 1. The van der Waals surface area contributed by atoms with Gasteiger partial charge in [0.05, 0.1) is 27.9 Å². The third-order valence-electron chi connectivity index (χ3n) is 6.17. The van der Waals surface area contributed by atoms with Crippen molar-refractivity contribution >= 4 is 54.2 Å². The maximum absolute atomic E-state index is 14.0. The average Bonchev–Trinajstić information content (AvgIpc) is 3.62. The van der Waals surface area contributed by atoms with Crippen molar-refractivity contribution in [3.05, 3.63) is 77.2 Å². The molecule has 1 atom stereocenters. The molecule has 35 heavy (non-hydrogen) atoms. The monoisotopic (exact) mass is 529 g/mol. The summed E-state index contributed by atoms with van der Waals surface area (Å²) in [4.78, 5) is 20.5. The van der Waals surface area contributed by atoms with E-state index in [2.05, 4.69) is 6.92 Å². The second kappa shape index (κ2) is 9.73. The highest BCUT2D eigenvalue weighted by Crippen LogP contribution is 2.35. The van der Waals surface area contributed by atoms with Crippen LogP contribution < -0.4 is 4.90 Å². The largest absolute Gasteiger partial charge is 0.467 e. The number of sulfonamides is 1. The molecule has 1 fully saturated rings. The number of rotatable bonds is 7. The molecule has 1 aliphatic heterocycles. The van der Waals surface area contributed by atoms with E-state index in [4.69, 9.17) is 21.0 Å². The van der Waals surface area contributed by atoms with E-state index in [0.717, 1.165) is 22.2 Å². The molecule has 2 aromatic carbocycles. The lowest BCUT2D eigenvalue weighted by atomic mass is 10.1. The fraction of sp³-hybridized carbons (Fsp3) is 0.280. The van der Waals surface area contributed by atoms with Crippen LogP contribution >= 0.6 is 22.9 Å². The Bertz CT molecular complexity index is 1450. The molecule has 4 aromatic rings. The zero-order valence-corrected chi connectivity index (χ0v) is 21.4. The summed E-state index contributed by atoms with van der Waals surface area (Å²) in [6, 6.07) is 14.7. The Balaban J connectivity index is 1.52. The molecule has 10 heteroatoms.